The molecule has 2 rings (SSSR count). The summed E-state index contributed by atoms with van der Waals surface area (Å²) in [4.78, 5) is 17.4. The summed E-state index contributed by atoms with van der Waals surface area (Å²) in [7, 11) is 0. The Balaban J connectivity index is 2.17. The lowest BCUT2D eigenvalue weighted by atomic mass is 9.84. The molecular weight excluding hydrogens is 230 g/mol. The van der Waals surface area contributed by atoms with Gasteiger partial charge in [-0.2, -0.15) is 5.26 Å². The molecule has 0 amide bonds. The summed E-state index contributed by atoms with van der Waals surface area (Å²) in [5, 5.41) is 18.0. The zero-order valence-corrected chi connectivity index (χ0v) is 10.3. The van der Waals surface area contributed by atoms with Crippen molar-refractivity contribution in [2.45, 2.75) is 19.8 Å². The van der Waals surface area contributed by atoms with E-state index in [1.165, 1.54) is 0 Å². The van der Waals surface area contributed by atoms with Crippen molar-refractivity contribution in [3.63, 3.8) is 0 Å². The Kier molecular flexibility index (Phi) is 3.19. The van der Waals surface area contributed by atoms with Gasteiger partial charge in [-0.15, -0.1) is 0 Å². The van der Waals surface area contributed by atoms with Crippen LogP contribution in [0.3, 0.4) is 0 Å². The molecule has 1 saturated heterocycles. The quantitative estimate of drug-likeness (QED) is 0.876. The number of hydrogen-bond acceptors (Lipinski definition) is 4. The van der Waals surface area contributed by atoms with E-state index in [2.05, 4.69) is 4.98 Å². The molecule has 1 atom stereocenters. The Hall–Kier alpha value is -2.09. The molecule has 0 bridgehead atoms. The smallest absolute Gasteiger partial charge is 0.311 e. The monoisotopic (exact) mass is 245 g/mol. The van der Waals surface area contributed by atoms with E-state index in [-0.39, 0.29) is 0 Å². The summed E-state index contributed by atoms with van der Waals surface area (Å²) in [6, 6.07) is 5.44. The van der Waals surface area contributed by atoms with Gasteiger partial charge in [0.25, 0.3) is 0 Å². The first kappa shape index (κ1) is 12.4. The van der Waals surface area contributed by atoms with Gasteiger partial charge >= 0.3 is 5.97 Å². The van der Waals surface area contributed by atoms with E-state index in [1.807, 2.05) is 24.0 Å². The van der Waals surface area contributed by atoms with Crippen LogP contribution in [-0.4, -0.2) is 29.1 Å². The normalized spacial score (nSPS) is 22.8. The van der Waals surface area contributed by atoms with E-state index in [9.17, 15) is 9.90 Å². The van der Waals surface area contributed by atoms with Gasteiger partial charge in [-0.1, -0.05) is 6.92 Å². The lowest BCUT2D eigenvalue weighted by molar-refractivity contribution is -0.147. The molecule has 0 radical (unpaired) electrons. The molecule has 5 nitrogen and oxygen atoms in total. The maximum Gasteiger partial charge on any atom is 0.311 e. The van der Waals surface area contributed by atoms with Crippen LogP contribution in [0, 0.1) is 16.7 Å². The van der Waals surface area contributed by atoms with Crippen LogP contribution in [0.2, 0.25) is 0 Å². The van der Waals surface area contributed by atoms with Crippen molar-refractivity contribution in [1.29, 1.82) is 5.26 Å². The van der Waals surface area contributed by atoms with Crippen LogP contribution in [0.25, 0.3) is 0 Å². The fourth-order valence-corrected chi connectivity index (χ4v) is 2.35. The van der Waals surface area contributed by atoms with Crippen molar-refractivity contribution >= 4 is 11.7 Å². The molecule has 1 unspecified atom stereocenters. The molecule has 1 fully saturated rings. The van der Waals surface area contributed by atoms with Gasteiger partial charge < -0.3 is 10.0 Å². The molecule has 1 aromatic heterocycles. The second-order valence-electron chi connectivity index (χ2n) is 4.62. The van der Waals surface area contributed by atoms with Crippen LogP contribution in [0.15, 0.2) is 18.3 Å². The third kappa shape index (κ3) is 2.02. The van der Waals surface area contributed by atoms with Crippen molar-refractivity contribution < 1.29 is 9.90 Å². The van der Waals surface area contributed by atoms with Crippen LogP contribution < -0.4 is 4.90 Å². The number of aliphatic carboxylic acids is 1. The highest BCUT2D eigenvalue weighted by Crippen LogP contribution is 2.36. The summed E-state index contributed by atoms with van der Waals surface area (Å²) in [6.45, 7) is 3.13. The van der Waals surface area contributed by atoms with E-state index < -0.39 is 11.4 Å². The Morgan fingerprint density at radius 1 is 1.67 bits per heavy atom. The Labute approximate surface area is 106 Å². The van der Waals surface area contributed by atoms with Crippen LogP contribution in [-0.2, 0) is 4.79 Å². The highest BCUT2D eigenvalue weighted by Gasteiger charge is 2.43. The topological polar surface area (TPSA) is 77.2 Å². The molecule has 5 heteroatoms. The van der Waals surface area contributed by atoms with Gasteiger partial charge in [-0.3, -0.25) is 4.79 Å². The average Bonchev–Trinajstić information content (AvgIpc) is 2.84. The first-order valence-electron chi connectivity index (χ1n) is 5.96. The van der Waals surface area contributed by atoms with Gasteiger partial charge in [0.05, 0.1) is 17.3 Å². The van der Waals surface area contributed by atoms with E-state index in [0.29, 0.717) is 31.6 Å². The first-order valence-corrected chi connectivity index (χ1v) is 5.96. The number of hydrogen-bond donors (Lipinski definition) is 1. The molecule has 1 aliphatic rings. The standard InChI is InChI=1S/C13H15N3O2/c1-2-13(12(17)18)5-6-16(9-13)11-4-3-10(7-14)15-8-11/h3-4,8H,2,5-6,9H2,1H3,(H,17,18). The zero-order chi connectivity index (χ0) is 13.2. The van der Waals surface area contributed by atoms with E-state index in [0.717, 1.165) is 5.69 Å². The molecule has 2 heterocycles. The SMILES string of the molecule is CCC1(C(=O)O)CCN(c2ccc(C#N)nc2)C1. The third-order valence-corrected chi connectivity index (χ3v) is 3.71. The van der Waals surface area contributed by atoms with Crippen molar-refractivity contribution in [3.8, 4) is 6.07 Å². The molecule has 1 aliphatic heterocycles. The summed E-state index contributed by atoms with van der Waals surface area (Å²) < 4.78 is 0. The largest absolute Gasteiger partial charge is 0.481 e. The lowest BCUT2D eigenvalue weighted by Gasteiger charge is -2.23. The summed E-state index contributed by atoms with van der Waals surface area (Å²) in [5.41, 5.74) is 0.608. The van der Waals surface area contributed by atoms with Crippen molar-refractivity contribution in [3.05, 3.63) is 24.0 Å². The minimum absolute atomic E-state index is 0.373. The van der Waals surface area contributed by atoms with E-state index in [4.69, 9.17) is 5.26 Å². The van der Waals surface area contributed by atoms with Gasteiger partial charge in [-0.25, -0.2) is 4.98 Å². The van der Waals surface area contributed by atoms with Gasteiger partial charge in [0.15, 0.2) is 0 Å². The Bertz CT molecular complexity index is 492. The molecule has 94 valence electrons. The minimum atomic E-state index is -0.728. The Morgan fingerprint density at radius 3 is 2.89 bits per heavy atom. The van der Waals surface area contributed by atoms with Crippen molar-refractivity contribution in [2.75, 3.05) is 18.0 Å². The number of pyridine rings is 1. The summed E-state index contributed by atoms with van der Waals surface area (Å²) in [5.74, 6) is -0.728. The number of anilines is 1. The number of carbonyl (C=O) groups is 1. The van der Waals surface area contributed by atoms with Crippen molar-refractivity contribution in [1.82, 2.24) is 4.98 Å². The lowest BCUT2D eigenvalue weighted by Crippen LogP contribution is -2.34. The third-order valence-electron chi connectivity index (χ3n) is 3.71. The molecule has 0 aliphatic carbocycles. The maximum absolute atomic E-state index is 11.3. The summed E-state index contributed by atoms with van der Waals surface area (Å²) >= 11 is 0. The number of carboxylic acids is 1. The molecule has 0 aromatic carbocycles. The van der Waals surface area contributed by atoms with E-state index in [1.54, 1.807) is 12.3 Å². The maximum atomic E-state index is 11.3. The minimum Gasteiger partial charge on any atom is -0.481 e. The number of rotatable bonds is 3. The fraction of sp³-hybridized carbons (Fsp3) is 0.462. The molecule has 0 saturated carbocycles. The number of nitrogens with zero attached hydrogens (tertiary/aromatic N) is 3. The average molecular weight is 245 g/mol. The second kappa shape index (κ2) is 4.65. The number of aromatic nitrogens is 1. The number of nitriles is 1. The van der Waals surface area contributed by atoms with Crippen molar-refractivity contribution in [2.24, 2.45) is 5.41 Å². The first-order chi connectivity index (χ1) is 8.61. The van der Waals surface area contributed by atoms with Crippen LogP contribution in [0.4, 0.5) is 5.69 Å². The zero-order valence-electron chi connectivity index (χ0n) is 10.3. The highest BCUT2D eigenvalue weighted by atomic mass is 16.4. The molecule has 0 spiro atoms. The Morgan fingerprint density at radius 2 is 2.44 bits per heavy atom. The summed E-state index contributed by atoms with van der Waals surface area (Å²) in [6.07, 6.45) is 2.91. The molecule has 1 aromatic rings. The van der Waals surface area contributed by atoms with Crippen LogP contribution >= 0.6 is 0 Å². The predicted octanol–water partition coefficient (Wildman–Crippen LogP) is 1.64. The van der Waals surface area contributed by atoms with Crippen LogP contribution in [0.5, 0.6) is 0 Å². The molecule has 1 N–H and O–H groups in total. The van der Waals surface area contributed by atoms with Gasteiger partial charge in [-0.05, 0) is 25.0 Å². The fourth-order valence-electron chi connectivity index (χ4n) is 2.35. The number of carboxylic acid groups (broad SMARTS) is 1. The highest BCUT2D eigenvalue weighted by molar-refractivity contribution is 5.76. The van der Waals surface area contributed by atoms with Gasteiger partial charge in [0.2, 0.25) is 0 Å². The van der Waals surface area contributed by atoms with Gasteiger partial charge in [0.1, 0.15) is 11.8 Å². The second-order valence-corrected chi connectivity index (χ2v) is 4.62. The molecular formula is C13H15N3O2. The molecule has 18 heavy (non-hydrogen) atoms. The van der Waals surface area contributed by atoms with Gasteiger partial charge in [0, 0.05) is 13.1 Å². The van der Waals surface area contributed by atoms with Crippen LogP contribution in [0.1, 0.15) is 25.5 Å². The predicted molar refractivity (Wildman–Crippen MR) is 66.1 cm³/mol. The van der Waals surface area contributed by atoms with E-state index >= 15 is 0 Å².